The lowest BCUT2D eigenvalue weighted by atomic mass is 9.93. The van der Waals surface area contributed by atoms with E-state index in [9.17, 15) is 4.79 Å². The molecule has 39 heavy (non-hydrogen) atoms. The Bertz CT molecular complexity index is 1330. The molecule has 2 aliphatic rings. The summed E-state index contributed by atoms with van der Waals surface area (Å²) in [7, 11) is 0. The van der Waals surface area contributed by atoms with Crippen LogP contribution >= 0.6 is 34.5 Å². The van der Waals surface area contributed by atoms with E-state index in [1.54, 1.807) is 17.6 Å². The molecule has 0 unspecified atom stereocenters. The largest absolute Gasteiger partial charge is 0.490 e. The summed E-state index contributed by atoms with van der Waals surface area (Å²) < 4.78 is 11.9. The Kier molecular flexibility index (Phi) is 9.49. The van der Waals surface area contributed by atoms with Crippen LogP contribution in [0.5, 0.6) is 11.5 Å². The van der Waals surface area contributed by atoms with Crippen molar-refractivity contribution in [2.24, 2.45) is 4.99 Å². The van der Waals surface area contributed by atoms with Crippen molar-refractivity contribution >= 4 is 51.7 Å². The SMILES string of the molecule is CCOc1cc(C=Nc2sc3c(c2C(=O)NC2CCCCC2)CCCC3)cc(Cl)c1OCc1ccc(Cl)cc1. The average molecular weight is 586 g/mol. The number of benzene rings is 2. The minimum absolute atomic E-state index is 0.0208. The van der Waals surface area contributed by atoms with Crippen molar-refractivity contribution in [2.75, 3.05) is 6.61 Å². The van der Waals surface area contributed by atoms with E-state index in [0.717, 1.165) is 60.2 Å². The van der Waals surface area contributed by atoms with E-state index in [1.165, 1.54) is 29.7 Å². The van der Waals surface area contributed by atoms with Crippen LogP contribution in [0.15, 0.2) is 41.4 Å². The highest BCUT2D eigenvalue weighted by Gasteiger charge is 2.27. The molecule has 0 spiro atoms. The summed E-state index contributed by atoms with van der Waals surface area (Å²) in [6.07, 6.45) is 11.7. The number of halogens is 2. The van der Waals surface area contributed by atoms with Gasteiger partial charge in [0.2, 0.25) is 0 Å². The fourth-order valence-corrected chi connectivity index (χ4v) is 6.95. The van der Waals surface area contributed by atoms with Crippen LogP contribution in [0.4, 0.5) is 5.00 Å². The van der Waals surface area contributed by atoms with Crippen LogP contribution in [-0.4, -0.2) is 24.8 Å². The van der Waals surface area contributed by atoms with Crippen LogP contribution in [0.25, 0.3) is 0 Å². The fraction of sp³-hybridized carbons (Fsp3) is 0.419. The second-order valence-electron chi connectivity index (χ2n) is 10.1. The Hall–Kier alpha value is -2.54. The van der Waals surface area contributed by atoms with Gasteiger partial charge in [0.15, 0.2) is 11.5 Å². The first-order valence-corrected chi connectivity index (χ1v) is 15.4. The summed E-state index contributed by atoms with van der Waals surface area (Å²) in [5.41, 5.74) is 3.71. The number of fused-ring (bicyclic) bond motifs is 1. The molecule has 0 radical (unpaired) electrons. The van der Waals surface area contributed by atoms with Gasteiger partial charge in [0, 0.05) is 22.2 Å². The van der Waals surface area contributed by atoms with Crippen LogP contribution in [0, 0.1) is 0 Å². The van der Waals surface area contributed by atoms with Gasteiger partial charge in [0.05, 0.1) is 17.2 Å². The lowest BCUT2D eigenvalue weighted by Gasteiger charge is -2.23. The smallest absolute Gasteiger partial charge is 0.254 e. The topological polar surface area (TPSA) is 59.9 Å². The van der Waals surface area contributed by atoms with Crippen molar-refractivity contribution in [1.29, 1.82) is 0 Å². The zero-order valence-corrected chi connectivity index (χ0v) is 24.6. The van der Waals surface area contributed by atoms with E-state index in [2.05, 4.69) is 5.32 Å². The zero-order valence-electron chi connectivity index (χ0n) is 22.2. The van der Waals surface area contributed by atoms with Gasteiger partial charge in [-0.1, -0.05) is 54.6 Å². The van der Waals surface area contributed by atoms with E-state index < -0.39 is 0 Å². The molecule has 3 aromatic rings. The summed E-state index contributed by atoms with van der Waals surface area (Å²) in [5, 5.41) is 5.20. The number of ether oxygens (including phenoxy) is 2. The van der Waals surface area contributed by atoms with Crippen LogP contribution in [0.1, 0.15) is 83.8 Å². The highest BCUT2D eigenvalue weighted by atomic mass is 35.5. The van der Waals surface area contributed by atoms with Gasteiger partial charge in [-0.15, -0.1) is 11.3 Å². The number of nitrogens with one attached hydrogen (secondary N) is 1. The minimum Gasteiger partial charge on any atom is -0.490 e. The summed E-state index contributed by atoms with van der Waals surface area (Å²) in [5.74, 6) is 1.07. The molecule has 2 aliphatic carbocycles. The first kappa shape index (κ1) is 28.0. The molecule has 1 heterocycles. The number of aryl methyl sites for hydroxylation is 1. The minimum atomic E-state index is 0.0208. The first-order valence-electron chi connectivity index (χ1n) is 13.8. The van der Waals surface area contributed by atoms with Gasteiger partial charge in [-0.2, -0.15) is 0 Å². The summed E-state index contributed by atoms with van der Waals surface area (Å²) in [6, 6.07) is 11.5. The quantitative estimate of drug-likeness (QED) is 0.256. The predicted octanol–water partition coefficient (Wildman–Crippen LogP) is 8.72. The molecule has 2 aromatic carbocycles. The standard InChI is InChI=1S/C31H34Cl2N2O3S/c1-2-37-26-17-21(16-25(33)29(26)38-19-20-12-14-22(32)15-13-20)18-34-31-28(24-10-6-7-11-27(24)39-31)30(36)35-23-8-4-3-5-9-23/h12-18,23H,2-11,19H2,1H3,(H,35,36). The Morgan fingerprint density at radius 3 is 2.59 bits per heavy atom. The van der Waals surface area contributed by atoms with Crippen LogP contribution in [-0.2, 0) is 19.4 Å². The first-order chi connectivity index (χ1) is 19.0. The molecular formula is C31H34Cl2N2O3S. The number of hydrogen-bond donors (Lipinski definition) is 1. The molecule has 8 heteroatoms. The average Bonchev–Trinajstić information content (AvgIpc) is 3.32. The molecule has 1 aromatic heterocycles. The lowest BCUT2D eigenvalue weighted by molar-refractivity contribution is 0.0927. The number of nitrogens with zero attached hydrogens (tertiary/aromatic N) is 1. The summed E-state index contributed by atoms with van der Waals surface area (Å²) in [6.45, 7) is 2.73. The maximum atomic E-state index is 13.5. The zero-order chi connectivity index (χ0) is 27.2. The molecule has 1 fully saturated rings. The normalized spacial score (nSPS) is 15.8. The molecule has 1 N–H and O–H groups in total. The van der Waals surface area contributed by atoms with Gasteiger partial charge in [-0.3, -0.25) is 4.79 Å². The molecule has 206 valence electrons. The molecule has 1 saturated carbocycles. The Labute approximate surface area is 244 Å². The number of thiophene rings is 1. The fourth-order valence-electron chi connectivity index (χ4n) is 5.32. The molecular weight excluding hydrogens is 551 g/mol. The monoisotopic (exact) mass is 584 g/mol. The number of hydrogen-bond acceptors (Lipinski definition) is 5. The second kappa shape index (κ2) is 13.2. The van der Waals surface area contributed by atoms with E-state index in [4.69, 9.17) is 37.7 Å². The van der Waals surface area contributed by atoms with Gasteiger partial charge in [-0.05, 0) is 86.4 Å². The van der Waals surface area contributed by atoms with E-state index in [-0.39, 0.29) is 11.9 Å². The Balaban J connectivity index is 1.39. The van der Waals surface area contributed by atoms with E-state index in [0.29, 0.717) is 34.8 Å². The Morgan fingerprint density at radius 1 is 1.05 bits per heavy atom. The second-order valence-corrected chi connectivity index (χ2v) is 12.1. The molecule has 5 nitrogen and oxygen atoms in total. The van der Waals surface area contributed by atoms with Gasteiger partial charge in [-0.25, -0.2) is 4.99 Å². The van der Waals surface area contributed by atoms with Gasteiger partial charge < -0.3 is 14.8 Å². The van der Waals surface area contributed by atoms with Crippen LogP contribution < -0.4 is 14.8 Å². The van der Waals surface area contributed by atoms with Gasteiger partial charge >= 0.3 is 0 Å². The number of rotatable bonds is 9. The lowest BCUT2D eigenvalue weighted by Crippen LogP contribution is -2.36. The Morgan fingerprint density at radius 2 is 1.82 bits per heavy atom. The van der Waals surface area contributed by atoms with Crippen molar-refractivity contribution in [3.05, 3.63) is 73.6 Å². The van der Waals surface area contributed by atoms with Gasteiger partial charge in [0.1, 0.15) is 11.6 Å². The maximum Gasteiger partial charge on any atom is 0.254 e. The molecule has 5 rings (SSSR count). The van der Waals surface area contributed by atoms with Gasteiger partial charge in [0.25, 0.3) is 5.91 Å². The number of amides is 1. The van der Waals surface area contributed by atoms with Crippen LogP contribution in [0.3, 0.4) is 0 Å². The molecule has 0 atom stereocenters. The third kappa shape index (κ3) is 6.97. The molecule has 0 bridgehead atoms. The molecule has 0 saturated heterocycles. The summed E-state index contributed by atoms with van der Waals surface area (Å²) >= 11 is 14.3. The maximum absolute atomic E-state index is 13.5. The molecule has 1 amide bonds. The van der Waals surface area contributed by atoms with Crippen molar-refractivity contribution in [3.63, 3.8) is 0 Å². The van der Waals surface area contributed by atoms with E-state index >= 15 is 0 Å². The van der Waals surface area contributed by atoms with Crippen molar-refractivity contribution in [3.8, 4) is 11.5 Å². The van der Waals surface area contributed by atoms with E-state index in [1.807, 2.05) is 43.3 Å². The number of aliphatic imine (C=N–C) groups is 1. The third-order valence-electron chi connectivity index (χ3n) is 7.28. The van der Waals surface area contributed by atoms with Crippen molar-refractivity contribution < 1.29 is 14.3 Å². The number of carbonyl (C=O) groups is 1. The number of carbonyl (C=O) groups excluding carboxylic acids is 1. The summed E-state index contributed by atoms with van der Waals surface area (Å²) in [4.78, 5) is 19.6. The van der Waals surface area contributed by atoms with Crippen molar-refractivity contribution in [1.82, 2.24) is 5.32 Å². The highest BCUT2D eigenvalue weighted by molar-refractivity contribution is 7.16. The predicted molar refractivity (Wildman–Crippen MR) is 161 cm³/mol. The molecule has 0 aliphatic heterocycles. The van der Waals surface area contributed by atoms with Crippen molar-refractivity contribution in [2.45, 2.75) is 77.4 Å². The third-order valence-corrected chi connectivity index (χ3v) is 9.01. The highest BCUT2D eigenvalue weighted by Crippen LogP contribution is 2.41. The van der Waals surface area contributed by atoms with Crippen LogP contribution in [0.2, 0.25) is 10.0 Å².